The molecule has 5 rings (SSSR count). The zero-order chi connectivity index (χ0) is 25.2. The molecule has 0 atom stereocenters. The minimum Gasteiger partial charge on any atom is -0.497 e. The molecule has 1 amide bonds. The van der Waals surface area contributed by atoms with Gasteiger partial charge in [0.05, 0.1) is 17.6 Å². The number of thioether (sulfide) groups is 1. The molecule has 1 aromatic carbocycles. The third kappa shape index (κ3) is 4.88. The number of hydrogen-bond acceptors (Lipinski definition) is 8. The van der Waals surface area contributed by atoms with Crippen LogP contribution in [0, 0.1) is 0 Å². The SMILES string of the molecule is COc1ccc(CCN2C(=O)/C(=C/c3c(N4CCN(C)CC4)nc4ccccn4c3=O)SC2=S)cc1. The van der Waals surface area contributed by atoms with E-state index in [1.807, 2.05) is 36.4 Å². The fraction of sp³-hybridized carbons (Fsp3) is 0.308. The lowest BCUT2D eigenvalue weighted by atomic mass is 10.1. The van der Waals surface area contributed by atoms with E-state index in [0.717, 1.165) is 37.5 Å². The van der Waals surface area contributed by atoms with Gasteiger partial charge in [0.2, 0.25) is 0 Å². The Labute approximate surface area is 219 Å². The molecule has 10 heteroatoms. The van der Waals surface area contributed by atoms with Crippen molar-refractivity contribution < 1.29 is 9.53 Å². The smallest absolute Gasteiger partial charge is 0.267 e. The second-order valence-electron chi connectivity index (χ2n) is 8.80. The fourth-order valence-corrected chi connectivity index (χ4v) is 5.62. The van der Waals surface area contributed by atoms with Gasteiger partial charge in [-0.1, -0.05) is 42.2 Å². The number of hydrogen-bond donors (Lipinski definition) is 0. The molecule has 36 heavy (non-hydrogen) atoms. The second kappa shape index (κ2) is 10.4. The van der Waals surface area contributed by atoms with Gasteiger partial charge in [-0.25, -0.2) is 4.98 Å². The van der Waals surface area contributed by atoms with Gasteiger partial charge in [0, 0.05) is 38.9 Å². The van der Waals surface area contributed by atoms with Crippen LogP contribution < -0.4 is 15.2 Å². The standard InChI is InChI=1S/C26H27N5O3S2/c1-28-13-15-29(16-14-28)23-20(24(32)30-11-4-3-5-22(30)27-23)17-21-25(33)31(26(35)36-21)12-10-18-6-8-19(34-2)9-7-18/h3-9,11,17H,10,12-16H2,1-2H3/b21-17-. The first-order chi connectivity index (χ1) is 17.4. The lowest BCUT2D eigenvalue weighted by Crippen LogP contribution is -2.45. The molecule has 0 bridgehead atoms. The molecule has 0 aliphatic carbocycles. The van der Waals surface area contributed by atoms with Crippen LogP contribution in [0.5, 0.6) is 5.75 Å². The molecule has 0 unspecified atom stereocenters. The van der Waals surface area contributed by atoms with Crippen molar-refractivity contribution in [2.75, 3.05) is 51.8 Å². The lowest BCUT2D eigenvalue weighted by molar-refractivity contribution is -0.122. The highest BCUT2D eigenvalue weighted by molar-refractivity contribution is 8.26. The van der Waals surface area contributed by atoms with Crippen LogP contribution in [-0.4, -0.2) is 76.3 Å². The number of thiocarbonyl (C=S) groups is 1. The number of benzene rings is 1. The molecule has 0 N–H and O–H groups in total. The molecule has 3 aromatic rings. The number of methoxy groups -OCH3 is 1. The molecular weight excluding hydrogens is 494 g/mol. The largest absolute Gasteiger partial charge is 0.497 e. The van der Waals surface area contributed by atoms with Gasteiger partial charge in [-0.2, -0.15) is 0 Å². The molecule has 2 aliphatic heterocycles. The Morgan fingerprint density at radius 2 is 1.83 bits per heavy atom. The molecule has 8 nitrogen and oxygen atoms in total. The maximum Gasteiger partial charge on any atom is 0.267 e. The maximum atomic E-state index is 13.5. The van der Waals surface area contributed by atoms with Crippen LogP contribution in [0.3, 0.4) is 0 Å². The quantitative estimate of drug-likeness (QED) is 0.362. The Bertz CT molecular complexity index is 1390. The summed E-state index contributed by atoms with van der Waals surface area (Å²) < 4.78 is 7.23. The summed E-state index contributed by atoms with van der Waals surface area (Å²) in [6, 6.07) is 13.3. The number of rotatable bonds is 6. The Balaban J connectivity index is 1.45. The van der Waals surface area contributed by atoms with Gasteiger partial charge in [0.25, 0.3) is 11.5 Å². The van der Waals surface area contributed by atoms with E-state index in [1.54, 1.807) is 30.3 Å². The van der Waals surface area contributed by atoms with Crippen molar-refractivity contribution in [1.82, 2.24) is 19.2 Å². The number of ether oxygens (including phenoxy) is 1. The number of fused-ring (bicyclic) bond motifs is 1. The predicted octanol–water partition coefficient (Wildman–Crippen LogP) is 2.90. The van der Waals surface area contributed by atoms with Crippen LogP contribution in [0.2, 0.25) is 0 Å². The number of likely N-dealkylation sites (N-methyl/N-ethyl adjacent to an activating group) is 1. The highest BCUT2D eigenvalue weighted by Crippen LogP contribution is 2.33. The van der Waals surface area contributed by atoms with E-state index in [1.165, 1.54) is 16.2 Å². The zero-order valence-electron chi connectivity index (χ0n) is 20.2. The number of carbonyl (C=O) groups is 1. The molecule has 186 valence electrons. The first kappa shape index (κ1) is 24.5. The highest BCUT2D eigenvalue weighted by Gasteiger charge is 2.33. The zero-order valence-corrected chi connectivity index (χ0v) is 21.8. The van der Waals surface area contributed by atoms with Crippen molar-refractivity contribution in [2.24, 2.45) is 0 Å². The van der Waals surface area contributed by atoms with Gasteiger partial charge in [-0.15, -0.1) is 0 Å². The van der Waals surface area contributed by atoms with Crippen LogP contribution >= 0.6 is 24.0 Å². The number of piperazine rings is 1. The normalized spacial score (nSPS) is 18.0. The van der Waals surface area contributed by atoms with Crippen molar-refractivity contribution in [3.05, 3.63) is 75.0 Å². The Morgan fingerprint density at radius 3 is 2.56 bits per heavy atom. The molecule has 0 spiro atoms. The molecule has 4 heterocycles. The number of carbonyl (C=O) groups excluding carboxylic acids is 1. The van der Waals surface area contributed by atoms with Crippen LogP contribution in [0.4, 0.5) is 5.82 Å². The third-order valence-electron chi connectivity index (χ3n) is 6.48. The van der Waals surface area contributed by atoms with E-state index in [0.29, 0.717) is 39.2 Å². The van der Waals surface area contributed by atoms with Crippen molar-refractivity contribution in [3.63, 3.8) is 0 Å². The molecule has 2 saturated heterocycles. The Hall–Kier alpha value is -3.21. The first-order valence-corrected chi connectivity index (χ1v) is 13.0. The van der Waals surface area contributed by atoms with E-state index in [4.69, 9.17) is 21.9 Å². The van der Waals surface area contributed by atoms with E-state index >= 15 is 0 Å². The average molecular weight is 522 g/mol. The van der Waals surface area contributed by atoms with Gasteiger partial charge in [0.1, 0.15) is 21.5 Å². The average Bonchev–Trinajstić information content (AvgIpc) is 3.17. The highest BCUT2D eigenvalue weighted by atomic mass is 32.2. The summed E-state index contributed by atoms with van der Waals surface area (Å²) in [5.74, 6) is 1.22. The summed E-state index contributed by atoms with van der Waals surface area (Å²) in [7, 11) is 3.71. The number of aromatic nitrogens is 2. The first-order valence-electron chi connectivity index (χ1n) is 11.8. The minimum atomic E-state index is -0.196. The van der Waals surface area contributed by atoms with E-state index in [2.05, 4.69) is 16.8 Å². The summed E-state index contributed by atoms with van der Waals surface area (Å²) in [6.07, 6.45) is 4.04. The maximum absolute atomic E-state index is 13.5. The Kier molecular flexibility index (Phi) is 7.08. The van der Waals surface area contributed by atoms with Crippen molar-refractivity contribution in [1.29, 1.82) is 0 Å². The fourth-order valence-electron chi connectivity index (χ4n) is 4.33. The van der Waals surface area contributed by atoms with Crippen LogP contribution in [0.15, 0.2) is 58.4 Å². The van der Waals surface area contributed by atoms with Crippen molar-refractivity contribution in [3.8, 4) is 5.75 Å². The van der Waals surface area contributed by atoms with E-state index < -0.39 is 0 Å². The van der Waals surface area contributed by atoms with E-state index in [-0.39, 0.29) is 11.5 Å². The van der Waals surface area contributed by atoms with Crippen molar-refractivity contribution in [2.45, 2.75) is 6.42 Å². The number of pyridine rings is 1. The topological polar surface area (TPSA) is 70.4 Å². The van der Waals surface area contributed by atoms with Gasteiger partial charge in [-0.3, -0.25) is 18.9 Å². The van der Waals surface area contributed by atoms with E-state index in [9.17, 15) is 9.59 Å². The monoisotopic (exact) mass is 521 g/mol. The second-order valence-corrected chi connectivity index (χ2v) is 10.5. The molecule has 0 saturated carbocycles. The summed E-state index contributed by atoms with van der Waals surface area (Å²) in [4.78, 5) is 38.1. The number of amides is 1. The predicted molar refractivity (Wildman–Crippen MR) is 148 cm³/mol. The molecule has 2 aliphatic rings. The third-order valence-corrected chi connectivity index (χ3v) is 7.86. The van der Waals surface area contributed by atoms with Crippen LogP contribution in [-0.2, 0) is 11.2 Å². The summed E-state index contributed by atoms with van der Waals surface area (Å²) in [5, 5.41) is 0. The van der Waals surface area contributed by atoms with Gasteiger partial charge >= 0.3 is 0 Å². The molecular formula is C26H27N5O3S2. The molecule has 2 aromatic heterocycles. The molecule has 0 radical (unpaired) electrons. The Morgan fingerprint density at radius 1 is 1.08 bits per heavy atom. The number of anilines is 1. The minimum absolute atomic E-state index is 0.180. The van der Waals surface area contributed by atoms with Gasteiger partial charge in [0.15, 0.2) is 0 Å². The number of nitrogens with zero attached hydrogens (tertiary/aromatic N) is 5. The van der Waals surface area contributed by atoms with Gasteiger partial charge < -0.3 is 14.5 Å². The van der Waals surface area contributed by atoms with Crippen LogP contribution in [0.1, 0.15) is 11.1 Å². The summed E-state index contributed by atoms with van der Waals surface area (Å²) in [6.45, 7) is 3.74. The van der Waals surface area contributed by atoms with Crippen molar-refractivity contribution >= 4 is 51.7 Å². The lowest BCUT2D eigenvalue weighted by Gasteiger charge is -2.34. The molecule has 2 fully saturated rings. The van der Waals surface area contributed by atoms with Gasteiger partial charge in [-0.05, 0) is 49.4 Å². The summed E-state index contributed by atoms with van der Waals surface area (Å²) in [5.41, 5.74) is 1.89. The van der Waals surface area contributed by atoms with Crippen LogP contribution in [0.25, 0.3) is 11.7 Å². The summed E-state index contributed by atoms with van der Waals surface area (Å²) >= 11 is 6.77.